The zero-order valence-corrected chi connectivity index (χ0v) is 16.5. The Morgan fingerprint density at radius 3 is 2.70 bits per heavy atom. The van der Waals surface area contributed by atoms with Gasteiger partial charge in [0.2, 0.25) is 0 Å². The summed E-state index contributed by atoms with van der Waals surface area (Å²) in [7, 11) is 0. The van der Waals surface area contributed by atoms with Crippen LogP contribution in [0.4, 0.5) is 0 Å². The molecule has 2 aromatic rings. The number of β-amino-alcohol motifs (C(OH)–C–C–N with tert-alkyl or cyclic N) is 1. The molecule has 0 bridgehead atoms. The second-order valence-corrected chi connectivity index (χ2v) is 9.44. The Morgan fingerprint density at radius 2 is 1.93 bits per heavy atom. The molecule has 1 aromatic carbocycles. The van der Waals surface area contributed by atoms with Crippen LogP contribution < -0.4 is 0 Å². The van der Waals surface area contributed by atoms with Gasteiger partial charge in [0.1, 0.15) is 5.01 Å². The van der Waals surface area contributed by atoms with E-state index in [4.69, 9.17) is 0 Å². The maximum Gasteiger partial charge on any atom is 0.107 e. The van der Waals surface area contributed by atoms with Gasteiger partial charge in [0.05, 0.1) is 18.2 Å². The van der Waals surface area contributed by atoms with E-state index < -0.39 is 0 Å². The first-order valence-corrected chi connectivity index (χ1v) is 10.9. The molecule has 1 spiro atoms. The van der Waals surface area contributed by atoms with Gasteiger partial charge < -0.3 is 5.11 Å². The lowest BCUT2D eigenvalue weighted by atomic mass is 9.83. The number of thiazole rings is 1. The molecule has 5 rings (SSSR count). The molecular weight excluding hydrogens is 356 g/mol. The number of hydrogen-bond acceptors (Lipinski definition) is 6. The highest BCUT2D eigenvalue weighted by atomic mass is 32.1. The number of rotatable bonds is 5. The maximum atomic E-state index is 10.3. The summed E-state index contributed by atoms with van der Waals surface area (Å²) in [5.41, 5.74) is 1.63. The van der Waals surface area contributed by atoms with E-state index >= 15 is 0 Å². The van der Waals surface area contributed by atoms with Gasteiger partial charge in [-0.05, 0) is 18.4 Å². The lowest BCUT2D eigenvalue weighted by molar-refractivity contribution is -0.116. The Kier molecular flexibility index (Phi) is 4.78. The van der Waals surface area contributed by atoms with Gasteiger partial charge in [-0.2, -0.15) is 0 Å². The van der Waals surface area contributed by atoms with Crippen LogP contribution in [0.5, 0.6) is 0 Å². The van der Waals surface area contributed by atoms with Crippen molar-refractivity contribution >= 4 is 11.3 Å². The molecule has 3 saturated heterocycles. The first-order chi connectivity index (χ1) is 13.2. The van der Waals surface area contributed by atoms with E-state index in [2.05, 4.69) is 55.4 Å². The Labute approximate surface area is 165 Å². The predicted molar refractivity (Wildman–Crippen MR) is 108 cm³/mol. The standard InChI is InChI=1S/C21H28N4OS/c26-19-10-18-11-23(8-6-17-4-2-1-3-5-17)14-21(25(18)12-19)15-24(16-21)13-20-22-7-9-27-20/h1-5,7,9,18-19,26H,6,8,10-16H2. The zero-order valence-electron chi connectivity index (χ0n) is 15.7. The second-order valence-electron chi connectivity index (χ2n) is 8.46. The van der Waals surface area contributed by atoms with Crippen LogP contribution in [0.1, 0.15) is 17.0 Å². The minimum Gasteiger partial charge on any atom is -0.392 e. The van der Waals surface area contributed by atoms with E-state index in [1.807, 2.05) is 6.20 Å². The highest BCUT2D eigenvalue weighted by molar-refractivity contribution is 7.09. The number of aliphatic hydroxyl groups excluding tert-OH is 1. The van der Waals surface area contributed by atoms with Crippen molar-refractivity contribution in [2.24, 2.45) is 0 Å². The van der Waals surface area contributed by atoms with Crippen LogP contribution in [0, 0.1) is 0 Å². The lowest BCUT2D eigenvalue weighted by Crippen LogP contribution is -2.77. The molecule has 3 fully saturated rings. The van der Waals surface area contributed by atoms with Gasteiger partial charge in [0.15, 0.2) is 0 Å². The largest absolute Gasteiger partial charge is 0.392 e. The molecular formula is C21H28N4OS. The monoisotopic (exact) mass is 384 g/mol. The Balaban J connectivity index is 1.25. The third-order valence-electron chi connectivity index (χ3n) is 6.43. The SMILES string of the molecule is OC1CC2CN(CCc3ccccc3)CC3(CN(Cc4nccs4)C3)N2C1. The molecule has 0 aliphatic carbocycles. The van der Waals surface area contributed by atoms with Crippen LogP contribution in [-0.2, 0) is 13.0 Å². The number of benzene rings is 1. The van der Waals surface area contributed by atoms with E-state index in [0.29, 0.717) is 6.04 Å². The topological polar surface area (TPSA) is 42.8 Å². The number of fused-ring (bicyclic) bond motifs is 2. The molecule has 27 heavy (non-hydrogen) atoms. The summed E-state index contributed by atoms with van der Waals surface area (Å²) in [5, 5.41) is 13.6. The van der Waals surface area contributed by atoms with Gasteiger partial charge in [0, 0.05) is 56.9 Å². The lowest BCUT2D eigenvalue weighted by Gasteiger charge is -2.61. The third-order valence-corrected chi connectivity index (χ3v) is 7.19. The quantitative estimate of drug-likeness (QED) is 0.850. The van der Waals surface area contributed by atoms with E-state index in [1.54, 1.807) is 11.3 Å². The normalized spacial score (nSPS) is 28.3. The van der Waals surface area contributed by atoms with Gasteiger partial charge in [0.25, 0.3) is 0 Å². The molecule has 2 unspecified atom stereocenters. The molecule has 6 heteroatoms. The number of piperazine rings is 1. The summed E-state index contributed by atoms with van der Waals surface area (Å²) in [5.74, 6) is 0. The Hall–Kier alpha value is -1.31. The fourth-order valence-corrected chi connectivity index (χ4v) is 5.98. The summed E-state index contributed by atoms with van der Waals surface area (Å²) >= 11 is 1.74. The number of aromatic nitrogens is 1. The van der Waals surface area contributed by atoms with E-state index in [1.165, 1.54) is 10.6 Å². The predicted octanol–water partition coefficient (Wildman–Crippen LogP) is 1.69. The van der Waals surface area contributed by atoms with E-state index in [0.717, 1.165) is 58.7 Å². The van der Waals surface area contributed by atoms with Crippen molar-refractivity contribution in [3.05, 3.63) is 52.5 Å². The van der Waals surface area contributed by atoms with E-state index in [-0.39, 0.29) is 11.6 Å². The number of aliphatic hydroxyl groups is 1. The minimum atomic E-state index is -0.158. The minimum absolute atomic E-state index is 0.158. The summed E-state index contributed by atoms with van der Waals surface area (Å²) in [6, 6.07) is 11.3. The van der Waals surface area contributed by atoms with Crippen molar-refractivity contribution in [2.75, 3.05) is 39.3 Å². The second kappa shape index (κ2) is 7.26. The van der Waals surface area contributed by atoms with Crippen LogP contribution in [0.15, 0.2) is 41.9 Å². The average Bonchev–Trinajstić information content (AvgIpc) is 3.28. The molecule has 1 aromatic heterocycles. The van der Waals surface area contributed by atoms with Crippen LogP contribution in [0.25, 0.3) is 0 Å². The van der Waals surface area contributed by atoms with Gasteiger partial charge >= 0.3 is 0 Å². The first kappa shape index (κ1) is 17.8. The summed E-state index contributed by atoms with van der Waals surface area (Å²) in [6.45, 7) is 7.33. The average molecular weight is 385 g/mol. The van der Waals surface area contributed by atoms with Crippen LogP contribution in [-0.4, -0.2) is 81.7 Å². The highest BCUT2D eigenvalue weighted by Gasteiger charge is 2.55. The maximum absolute atomic E-state index is 10.3. The van der Waals surface area contributed by atoms with Crippen molar-refractivity contribution in [1.82, 2.24) is 19.7 Å². The van der Waals surface area contributed by atoms with Gasteiger partial charge in [-0.25, -0.2) is 4.98 Å². The highest BCUT2D eigenvalue weighted by Crippen LogP contribution is 2.39. The first-order valence-electron chi connectivity index (χ1n) is 10.0. The van der Waals surface area contributed by atoms with Crippen molar-refractivity contribution in [2.45, 2.75) is 37.1 Å². The van der Waals surface area contributed by atoms with E-state index in [9.17, 15) is 5.11 Å². The Bertz CT molecular complexity index is 747. The van der Waals surface area contributed by atoms with Crippen molar-refractivity contribution in [3.8, 4) is 0 Å². The molecule has 0 radical (unpaired) electrons. The molecule has 2 atom stereocenters. The third kappa shape index (κ3) is 3.57. The summed E-state index contributed by atoms with van der Waals surface area (Å²) in [6.07, 6.45) is 3.77. The molecule has 1 N–H and O–H groups in total. The van der Waals surface area contributed by atoms with Crippen molar-refractivity contribution in [1.29, 1.82) is 0 Å². The molecule has 3 aliphatic rings. The summed E-state index contributed by atoms with van der Waals surface area (Å²) < 4.78 is 0. The Morgan fingerprint density at radius 1 is 1.11 bits per heavy atom. The molecule has 5 nitrogen and oxygen atoms in total. The number of likely N-dealkylation sites (tertiary alicyclic amines) is 1. The fourth-order valence-electron chi connectivity index (χ4n) is 5.32. The number of nitrogens with zero attached hydrogens (tertiary/aromatic N) is 4. The smallest absolute Gasteiger partial charge is 0.107 e. The molecule has 0 amide bonds. The van der Waals surface area contributed by atoms with Gasteiger partial charge in [-0.1, -0.05) is 30.3 Å². The molecule has 0 saturated carbocycles. The van der Waals surface area contributed by atoms with Crippen LogP contribution >= 0.6 is 11.3 Å². The molecule has 4 heterocycles. The van der Waals surface area contributed by atoms with Gasteiger partial charge in [-0.3, -0.25) is 14.7 Å². The fraction of sp³-hybridized carbons (Fsp3) is 0.571. The molecule has 3 aliphatic heterocycles. The zero-order chi connectivity index (χ0) is 18.3. The van der Waals surface area contributed by atoms with Gasteiger partial charge in [-0.15, -0.1) is 11.3 Å². The summed E-state index contributed by atoms with van der Waals surface area (Å²) in [4.78, 5) is 12.2. The molecule has 144 valence electrons. The van der Waals surface area contributed by atoms with Crippen LogP contribution in [0.3, 0.4) is 0 Å². The number of hydrogen-bond donors (Lipinski definition) is 1. The van der Waals surface area contributed by atoms with Crippen LogP contribution in [0.2, 0.25) is 0 Å². The van der Waals surface area contributed by atoms with Crippen molar-refractivity contribution in [3.63, 3.8) is 0 Å². The van der Waals surface area contributed by atoms with Crippen molar-refractivity contribution < 1.29 is 5.11 Å².